The summed E-state index contributed by atoms with van der Waals surface area (Å²) < 4.78 is 10.8. The van der Waals surface area contributed by atoms with Crippen LogP contribution in [0.15, 0.2) is 12.2 Å². The minimum absolute atomic E-state index is 0.0282. The normalized spacial score (nSPS) is 25.0. The van der Waals surface area contributed by atoms with Gasteiger partial charge in [0, 0.05) is 6.61 Å². The summed E-state index contributed by atoms with van der Waals surface area (Å²) in [5.41, 5.74) is 1.05. The molecule has 0 N–H and O–H groups in total. The Balaban J connectivity index is 2.09. The third kappa shape index (κ3) is 3.54. The van der Waals surface area contributed by atoms with Crippen LogP contribution in [-0.4, -0.2) is 19.5 Å². The van der Waals surface area contributed by atoms with Gasteiger partial charge < -0.3 is 9.47 Å². The smallest absolute Gasteiger partial charge is 0.158 e. The Labute approximate surface area is 68.2 Å². The van der Waals surface area contributed by atoms with Gasteiger partial charge in [-0.2, -0.15) is 0 Å². The van der Waals surface area contributed by atoms with E-state index in [0.717, 1.165) is 18.6 Å². The van der Waals surface area contributed by atoms with Crippen molar-refractivity contribution in [1.29, 1.82) is 0 Å². The molecule has 1 rings (SSSR count). The van der Waals surface area contributed by atoms with Gasteiger partial charge in [0.25, 0.3) is 0 Å². The zero-order chi connectivity index (χ0) is 8.10. The highest BCUT2D eigenvalue weighted by Gasteiger charge is 2.13. The quantitative estimate of drug-likeness (QED) is 0.582. The van der Waals surface area contributed by atoms with E-state index in [1.807, 2.05) is 6.92 Å². The largest absolute Gasteiger partial charge is 0.353 e. The van der Waals surface area contributed by atoms with E-state index >= 15 is 0 Å². The van der Waals surface area contributed by atoms with Gasteiger partial charge in [0.2, 0.25) is 0 Å². The summed E-state index contributed by atoms with van der Waals surface area (Å²) in [4.78, 5) is 0. The van der Waals surface area contributed by atoms with Crippen LogP contribution < -0.4 is 0 Å². The van der Waals surface area contributed by atoms with Crippen molar-refractivity contribution in [3.63, 3.8) is 0 Å². The molecule has 0 aliphatic carbocycles. The minimum Gasteiger partial charge on any atom is -0.353 e. The van der Waals surface area contributed by atoms with Crippen LogP contribution in [-0.2, 0) is 9.47 Å². The Morgan fingerprint density at radius 2 is 2.45 bits per heavy atom. The highest BCUT2D eigenvalue weighted by atomic mass is 16.7. The minimum atomic E-state index is 0.0282. The molecule has 0 aromatic carbocycles. The van der Waals surface area contributed by atoms with Crippen LogP contribution in [0.5, 0.6) is 0 Å². The van der Waals surface area contributed by atoms with Crippen LogP contribution in [0.2, 0.25) is 0 Å². The summed E-state index contributed by atoms with van der Waals surface area (Å²) in [6.45, 7) is 7.20. The fraction of sp³-hybridized carbons (Fsp3) is 0.778. The number of hydrogen-bond donors (Lipinski definition) is 0. The van der Waals surface area contributed by atoms with Crippen molar-refractivity contribution in [2.24, 2.45) is 0 Å². The highest BCUT2D eigenvalue weighted by Crippen LogP contribution is 2.13. The van der Waals surface area contributed by atoms with Crippen LogP contribution in [0.25, 0.3) is 0 Å². The van der Waals surface area contributed by atoms with E-state index < -0.39 is 0 Å². The molecule has 64 valence electrons. The molecule has 1 fully saturated rings. The second-order valence-electron chi connectivity index (χ2n) is 3.06. The van der Waals surface area contributed by atoms with Crippen molar-refractivity contribution >= 4 is 0 Å². The van der Waals surface area contributed by atoms with Gasteiger partial charge in [-0.3, -0.25) is 0 Å². The molecule has 2 heteroatoms. The number of hydrogen-bond acceptors (Lipinski definition) is 2. The maximum atomic E-state index is 5.42. The van der Waals surface area contributed by atoms with Gasteiger partial charge in [0.05, 0.1) is 6.61 Å². The maximum Gasteiger partial charge on any atom is 0.158 e. The van der Waals surface area contributed by atoms with Gasteiger partial charge in [-0.1, -0.05) is 12.2 Å². The summed E-state index contributed by atoms with van der Waals surface area (Å²) in [6, 6.07) is 0. The molecule has 1 aliphatic heterocycles. The summed E-state index contributed by atoms with van der Waals surface area (Å²) in [5.74, 6) is 0. The zero-order valence-corrected chi connectivity index (χ0v) is 7.14. The number of rotatable bonds is 3. The molecule has 0 bridgehead atoms. The monoisotopic (exact) mass is 156 g/mol. The van der Waals surface area contributed by atoms with E-state index in [4.69, 9.17) is 9.47 Å². The Bertz CT molecular complexity index is 126. The van der Waals surface area contributed by atoms with Crippen LogP contribution >= 0.6 is 0 Å². The van der Waals surface area contributed by atoms with Gasteiger partial charge >= 0.3 is 0 Å². The first-order chi connectivity index (χ1) is 5.29. The lowest BCUT2D eigenvalue weighted by molar-refractivity contribution is -0.156. The van der Waals surface area contributed by atoms with Crippen molar-refractivity contribution in [3.8, 4) is 0 Å². The molecule has 1 atom stereocenters. The fourth-order valence-corrected chi connectivity index (χ4v) is 1.08. The van der Waals surface area contributed by atoms with E-state index in [9.17, 15) is 0 Å². The predicted octanol–water partition coefficient (Wildman–Crippen LogP) is 2.11. The summed E-state index contributed by atoms with van der Waals surface area (Å²) in [6.07, 6.45) is 3.46. The summed E-state index contributed by atoms with van der Waals surface area (Å²) in [7, 11) is 0. The van der Waals surface area contributed by atoms with Crippen molar-refractivity contribution in [3.05, 3.63) is 12.2 Å². The van der Waals surface area contributed by atoms with Crippen LogP contribution in [0.3, 0.4) is 0 Å². The van der Waals surface area contributed by atoms with E-state index in [1.165, 1.54) is 12.8 Å². The molecule has 0 aromatic heterocycles. The van der Waals surface area contributed by atoms with E-state index in [0.29, 0.717) is 6.61 Å². The van der Waals surface area contributed by atoms with Gasteiger partial charge in [-0.25, -0.2) is 0 Å². The second kappa shape index (κ2) is 4.52. The number of ether oxygens (including phenoxy) is 2. The first kappa shape index (κ1) is 8.75. The lowest BCUT2D eigenvalue weighted by Gasteiger charge is -2.22. The van der Waals surface area contributed by atoms with Crippen LogP contribution in [0, 0.1) is 0 Å². The summed E-state index contributed by atoms with van der Waals surface area (Å²) >= 11 is 0. The first-order valence-corrected chi connectivity index (χ1v) is 4.16. The zero-order valence-electron chi connectivity index (χ0n) is 7.14. The molecular formula is C9H16O2. The predicted molar refractivity (Wildman–Crippen MR) is 44.4 cm³/mol. The molecule has 0 saturated carbocycles. The fourth-order valence-electron chi connectivity index (χ4n) is 1.08. The average Bonchev–Trinajstić information content (AvgIpc) is 2.03. The molecular weight excluding hydrogens is 140 g/mol. The lowest BCUT2D eigenvalue weighted by Crippen LogP contribution is -2.22. The van der Waals surface area contributed by atoms with Gasteiger partial charge in [0.15, 0.2) is 6.29 Å². The molecule has 0 aromatic rings. The molecule has 0 radical (unpaired) electrons. The molecule has 0 amide bonds. The van der Waals surface area contributed by atoms with E-state index in [-0.39, 0.29) is 6.29 Å². The van der Waals surface area contributed by atoms with Gasteiger partial charge in [-0.05, 0) is 26.2 Å². The Morgan fingerprint density at radius 1 is 1.64 bits per heavy atom. The third-order valence-electron chi connectivity index (χ3n) is 1.65. The van der Waals surface area contributed by atoms with Gasteiger partial charge in [-0.15, -0.1) is 0 Å². The van der Waals surface area contributed by atoms with Crippen molar-refractivity contribution in [1.82, 2.24) is 0 Å². The summed E-state index contributed by atoms with van der Waals surface area (Å²) in [5, 5.41) is 0. The highest BCUT2D eigenvalue weighted by molar-refractivity contribution is 4.87. The Kier molecular flexibility index (Phi) is 3.60. The molecule has 1 saturated heterocycles. The average molecular weight is 156 g/mol. The molecule has 1 heterocycles. The standard InChI is InChI=1S/C9H16O2/c1-8(2)7-11-9-5-3-4-6-10-9/h9H,1,3-7H2,2H3/t9-/m0/s1. The maximum absolute atomic E-state index is 5.42. The molecule has 1 aliphatic rings. The van der Waals surface area contributed by atoms with Crippen molar-refractivity contribution in [2.45, 2.75) is 32.5 Å². The van der Waals surface area contributed by atoms with E-state index in [1.54, 1.807) is 0 Å². The first-order valence-electron chi connectivity index (χ1n) is 4.16. The SMILES string of the molecule is C=C(C)CO[C@H]1CCCCO1. The molecule has 0 spiro atoms. The Hall–Kier alpha value is -0.340. The van der Waals surface area contributed by atoms with Gasteiger partial charge in [0.1, 0.15) is 0 Å². The second-order valence-corrected chi connectivity index (χ2v) is 3.06. The molecule has 2 nitrogen and oxygen atoms in total. The van der Waals surface area contributed by atoms with Crippen molar-refractivity contribution < 1.29 is 9.47 Å². The Morgan fingerprint density at radius 3 is 3.00 bits per heavy atom. The van der Waals surface area contributed by atoms with Crippen LogP contribution in [0.4, 0.5) is 0 Å². The van der Waals surface area contributed by atoms with E-state index in [2.05, 4.69) is 6.58 Å². The third-order valence-corrected chi connectivity index (χ3v) is 1.65. The molecule has 0 unspecified atom stereocenters. The topological polar surface area (TPSA) is 18.5 Å². The van der Waals surface area contributed by atoms with Crippen LogP contribution in [0.1, 0.15) is 26.2 Å². The lowest BCUT2D eigenvalue weighted by atomic mass is 10.2. The van der Waals surface area contributed by atoms with Crippen molar-refractivity contribution in [2.75, 3.05) is 13.2 Å². The molecule has 11 heavy (non-hydrogen) atoms.